The molecule has 1 amide bonds. The van der Waals surface area contributed by atoms with Crippen LogP contribution in [0.5, 0.6) is 11.5 Å². The lowest BCUT2D eigenvalue weighted by Gasteiger charge is -2.55. The number of carbonyl (C=O) groups excluding carboxylic acids is 1. The highest BCUT2D eigenvalue weighted by Gasteiger charge is 2.70. The van der Waals surface area contributed by atoms with Crippen LogP contribution in [-0.4, -0.2) is 62.9 Å². The van der Waals surface area contributed by atoms with Crippen LogP contribution in [0.3, 0.4) is 0 Å². The van der Waals surface area contributed by atoms with Crippen molar-refractivity contribution in [3.63, 3.8) is 0 Å². The minimum Gasteiger partial charge on any atom is -0.493 e. The van der Waals surface area contributed by atoms with Gasteiger partial charge in [0.25, 0.3) is 0 Å². The molecule has 1 spiro atoms. The van der Waals surface area contributed by atoms with Gasteiger partial charge in [0.1, 0.15) is 0 Å². The molecular formula is C24H28N2O4. The van der Waals surface area contributed by atoms with Crippen molar-refractivity contribution in [2.45, 2.75) is 49.3 Å². The molecule has 0 N–H and O–H groups in total. The Morgan fingerprint density at radius 1 is 1.17 bits per heavy atom. The molecule has 3 saturated heterocycles. The maximum absolute atomic E-state index is 13.5. The van der Waals surface area contributed by atoms with Crippen LogP contribution in [0.2, 0.25) is 0 Å². The third kappa shape index (κ3) is 1.87. The molecule has 0 radical (unpaired) electrons. The largest absolute Gasteiger partial charge is 0.493 e. The molecule has 4 fully saturated rings. The second-order valence-electron chi connectivity index (χ2n) is 9.80. The molecule has 6 heteroatoms. The number of fused-ring (bicyclic) bond motifs is 2. The van der Waals surface area contributed by atoms with Gasteiger partial charge < -0.3 is 19.1 Å². The molecule has 0 aromatic heterocycles. The van der Waals surface area contributed by atoms with Crippen LogP contribution >= 0.6 is 0 Å². The van der Waals surface area contributed by atoms with E-state index in [2.05, 4.69) is 21.9 Å². The number of rotatable bonds is 2. The summed E-state index contributed by atoms with van der Waals surface area (Å²) in [6.07, 6.45) is 6.27. The zero-order valence-corrected chi connectivity index (χ0v) is 17.6. The van der Waals surface area contributed by atoms with Gasteiger partial charge in [0.05, 0.1) is 45.1 Å². The third-order valence-electron chi connectivity index (χ3n) is 9.12. The summed E-state index contributed by atoms with van der Waals surface area (Å²) in [5, 5.41) is 0. The molecule has 5 heterocycles. The number of anilines is 1. The van der Waals surface area contributed by atoms with Gasteiger partial charge in [-0.1, -0.05) is 11.6 Å². The van der Waals surface area contributed by atoms with E-state index < -0.39 is 0 Å². The van der Waals surface area contributed by atoms with Crippen molar-refractivity contribution >= 4 is 11.6 Å². The SMILES string of the molecule is COc1cc2c(cc1OC)[C@@]13CCN4CCC5=CCOC6CC(=O)N2C1C6C5CC43. The van der Waals surface area contributed by atoms with Gasteiger partial charge in [-0.3, -0.25) is 9.69 Å². The van der Waals surface area contributed by atoms with Crippen LogP contribution in [0, 0.1) is 11.8 Å². The number of piperidine rings is 1. The fourth-order valence-corrected chi connectivity index (χ4v) is 8.09. The maximum Gasteiger partial charge on any atom is 0.229 e. The lowest BCUT2D eigenvalue weighted by atomic mass is 9.55. The van der Waals surface area contributed by atoms with Crippen LogP contribution in [0.1, 0.15) is 31.2 Å². The lowest BCUT2D eigenvalue weighted by Crippen LogP contribution is -2.67. The molecule has 6 atom stereocenters. The number of nitrogens with zero attached hydrogens (tertiary/aromatic N) is 2. The van der Waals surface area contributed by atoms with E-state index in [0.717, 1.165) is 37.4 Å². The van der Waals surface area contributed by atoms with Crippen LogP contribution < -0.4 is 14.4 Å². The molecule has 158 valence electrons. The highest BCUT2D eigenvalue weighted by atomic mass is 16.5. The number of methoxy groups -OCH3 is 2. The van der Waals surface area contributed by atoms with Gasteiger partial charge in [-0.2, -0.15) is 0 Å². The van der Waals surface area contributed by atoms with E-state index in [1.54, 1.807) is 19.8 Å². The number of hydrogen-bond acceptors (Lipinski definition) is 5. The molecule has 1 saturated carbocycles. The van der Waals surface area contributed by atoms with Crippen molar-refractivity contribution in [2.24, 2.45) is 11.8 Å². The van der Waals surface area contributed by atoms with E-state index in [1.807, 2.05) is 6.07 Å². The molecular weight excluding hydrogens is 380 g/mol. The number of carbonyl (C=O) groups is 1. The van der Waals surface area contributed by atoms with E-state index in [1.165, 1.54) is 12.0 Å². The van der Waals surface area contributed by atoms with Gasteiger partial charge in [0, 0.05) is 30.0 Å². The van der Waals surface area contributed by atoms with Crippen molar-refractivity contribution in [1.82, 2.24) is 4.90 Å². The van der Waals surface area contributed by atoms with Crippen molar-refractivity contribution in [3.05, 3.63) is 29.3 Å². The molecule has 6 aliphatic rings. The summed E-state index contributed by atoms with van der Waals surface area (Å²) in [6.45, 7) is 2.88. The first-order chi connectivity index (χ1) is 14.7. The predicted octanol–water partition coefficient (Wildman–Crippen LogP) is 2.50. The highest BCUT2D eigenvalue weighted by molar-refractivity contribution is 5.99. The Morgan fingerprint density at radius 2 is 2.00 bits per heavy atom. The Labute approximate surface area is 176 Å². The summed E-state index contributed by atoms with van der Waals surface area (Å²) >= 11 is 0. The second-order valence-corrected chi connectivity index (χ2v) is 9.80. The van der Waals surface area contributed by atoms with E-state index in [-0.39, 0.29) is 23.5 Å². The fraction of sp³-hybridized carbons (Fsp3) is 0.625. The highest BCUT2D eigenvalue weighted by Crippen LogP contribution is 2.66. The van der Waals surface area contributed by atoms with E-state index in [9.17, 15) is 4.79 Å². The monoisotopic (exact) mass is 408 g/mol. The molecule has 30 heavy (non-hydrogen) atoms. The van der Waals surface area contributed by atoms with Gasteiger partial charge in [-0.05, 0) is 43.4 Å². The molecule has 1 aromatic rings. The first-order valence-corrected chi connectivity index (χ1v) is 11.3. The Kier molecular flexibility index (Phi) is 3.40. The van der Waals surface area contributed by atoms with Crippen LogP contribution in [-0.2, 0) is 14.9 Å². The Bertz CT molecular complexity index is 990. The molecule has 6 nitrogen and oxygen atoms in total. The minimum absolute atomic E-state index is 0.0283. The van der Waals surface area contributed by atoms with E-state index >= 15 is 0 Å². The summed E-state index contributed by atoms with van der Waals surface area (Å²) in [6, 6.07) is 4.87. The normalized spacial score (nSPS) is 40.5. The van der Waals surface area contributed by atoms with Gasteiger partial charge in [0.15, 0.2) is 11.5 Å². The first kappa shape index (κ1) is 17.6. The molecule has 1 aliphatic carbocycles. The Morgan fingerprint density at radius 3 is 2.83 bits per heavy atom. The van der Waals surface area contributed by atoms with E-state index in [4.69, 9.17) is 14.2 Å². The molecule has 5 aliphatic heterocycles. The zero-order valence-electron chi connectivity index (χ0n) is 17.6. The van der Waals surface area contributed by atoms with Crippen LogP contribution in [0.25, 0.3) is 0 Å². The number of amides is 1. The summed E-state index contributed by atoms with van der Waals surface area (Å²) in [5.41, 5.74) is 3.88. The Balaban J connectivity index is 1.52. The molecule has 1 aromatic carbocycles. The van der Waals surface area contributed by atoms with E-state index in [0.29, 0.717) is 36.7 Å². The van der Waals surface area contributed by atoms with Gasteiger partial charge in [0.2, 0.25) is 5.91 Å². The number of benzene rings is 1. The van der Waals surface area contributed by atoms with Crippen molar-refractivity contribution in [3.8, 4) is 11.5 Å². The topological polar surface area (TPSA) is 51.2 Å². The maximum atomic E-state index is 13.5. The zero-order chi connectivity index (χ0) is 20.2. The van der Waals surface area contributed by atoms with Crippen LogP contribution in [0.4, 0.5) is 5.69 Å². The molecule has 7 rings (SSSR count). The number of hydrogen-bond donors (Lipinski definition) is 0. The molecule has 2 bridgehead atoms. The first-order valence-electron chi connectivity index (χ1n) is 11.3. The van der Waals surface area contributed by atoms with Crippen molar-refractivity contribution in [2.75, 3.05) is 38.8 Å². The van der Waals surface area contributed by atoms with Gasteiger partial charge in [-0.25, -0.2) is 0 Å². The van der Waals surface area contributed by atoms with Crippen molar-refractivity contribution < 1.29 is 19.0 Å². The van der Waals surface area contributed by atoms with Crippen LogP contribution in [0.15, 0.2) is 23.8 Å². The summed E-state index contributed by atoms with van der Waals surface area (Å²) in [7, 11) is 3.37. The van der Waals surface area contributed by atoms with Crippen molar-refractivity contribution in [1.29, 1.82) is 0 Å². The standard InChI is InChI=1S/C24H28N2O4/c1-28-17-10-15-16(11-18(17)29-2)26-21(27)12-19-22-14-9-20-24(15,23(22)26)5-7-25(20)6-3-13(14)4-8-30-19/h4,10-11,14,19-20,22-23H,3,5-9,12H2,1-2H3/t14?,19?,20?,22?,23?,24-/m1/s1. The molecule has 5 unspecified atom stereocenters. The minimum atomic E-state index is -0.0342. The smallest absolute Gasteiger partial charge is 0.229 e. The summed E-state index contributed by atoms with van der Waals surface area (Å²) < 4.78 is 17.7. The Hall–Kier alpha value is -2.05. The third-order valence-corrected chi connectivity index (χ3v) is 9.12. The van der Waals surface area contributed by atoms with Gasteiger partial charge >= 0.3 is 0 Å². The van der Waals surface area contributed by atoms with Gasteiger partial charge in [-0.15, -0.1) is 0 Å². The second kappa shape index (κ2) is 5.80. The average molecular weight is 408 g/mol. The summed E-state index contributed by atoms with van der Waals surface area (Å²) in [5.74, 6) is 2.56. The predicted molar refractivity (Wildman–Crippen MR) is 111 cm³/mol. The average Bonchev–Trinajstić information content (AvgIpc) is 3.14. The quantitative estimate of drug-likeness (QED) is 0.704. The fourth-order valence-electron chi connectivity index (χ4n) is 8.09. The number of ether oxygens (including phenoxy) is 3. The summed E-state index contributed by atoms with van der Waals surface area (Å²) in [4.78, 5) is 18.4. The lowest BCUT2D eigenvalue weighted by molar-refractivity contribution is -0.131.